The van der Waals surface area contributed by atoms with Gasteiger partial charge in [-0.25, -0.2) is 0 Å². The van der Waals surface area contributed by atoms with Gasteiger partial charge in [-0.3, -0.25) is 9.59 Å². The van der Waals surface area contributed by atoms with Gasteiger partial charge in [0.15, 0.2) is 0 Å². The highest BCUT2D eigenvalue weighted by molar-refractivity contribution is 6.31. The lowest BCUT2D eigenvalue weighted by Gasteiger charge is -2.32. The van der Waals surface area contributed by atoms with Gasteiger partial charge in [0.2, 0.25) is 5.91 Å². The Bertz CT molecular complexity index is 1060. The molecule has 1 saturated carbocycles. The van der Waals surface area contributed by atoms with Crippen molar-refractivity contribution in [3.05, 3.63) is 35.0 Å². The minimum absolute atomic E-state index is 0.142. The summed E-state index contributed by atoms with van der Waals surface area (Å²) in [6, 6.07) is 8.95. The van der Waals surface area contributed by atoms with E-state index in [1.165, 1.54) is 0 Å². The van der Waals surface area contributed by atoms with Crippen LogP contribution in [-0.4, -0.2) is 54.0 Å². The fourth-order valence-electron chi connectivity index (χ4n) is 4.71. The number of nitrogens with one attached hydrogen (secondary N) is 2. The van der Waals surface area contributed by atoms with Crippen molar-refractivity contribution in [1.82, 2.24) is 20.1 Å². The first-order valence-electron chi connectivity index (χ1n) is 12.1. The van der Waals surface area contributed by atoms with E-state index in [1.807, 2.05) is 56.8 Å². The zero-order valence-corrected chi connectivity index (χ0v) is 21.4. The molecule has 1 fully saturated rings. The summed E-state index contributed by atoms with van der Waals surface area (Å²) in [5.74, 6) is -0.355. The van der Waals surface area contributed by atoms with Crippen LogP contribution in [-0.2, 0) is 11.3 Å². The van der Waals surface area contributed by atoms with E-state index in [0.29, 0.717) is 36.0 Å². The van der Waals surface area contributed by atoms with Gasteiger partial charge in [0.05, 0.1) is 17.5 Å². The van der Waals surface area contributed by atoms with Crippen molar-refractivity contribution in [2.75, 3.05) is 20.6 Å². The molecular formula is C26H36ClN5O2. The normalized spacial score (nSPS) is 19.2. The lowest BCUT2D eigenvalue weighted by Crippen LogP contribution is -2.50. The minimum Gasteiger partial charge on any atom is -0.347 e. The SMILES string of the molecule is CC(C)CC(C#N)NC(=O)C1CCCCC1NC(=O)c1cc2ccc(Cl)cc2n1CCN(C)C. The number of nitriles is 1. The van der Waals surface area contributed by atoms with Crippen LogP contribution in [0.4, 0.5) is 0 Å². The second-order valence-corrected chi connectivity index (χ2v) is 10.4. The Labute approximate surface area is 207 Å². The number of halogens is 1. The molecule has 0 saturated heterocycles. The average molecular weight is 486 g/mol. The lowest BCUT2D eigenvalue weighted by molar-refractivity contribution is -0.127. The lowest BCUT2D eigenvalue weighted by atomic mass is 9.83. The Balaban J connectivity index is 1.80. The van der Waals surface area contributed by atoms with Crippen molar-refractivity contribution < 1.29 is 9.59 Å². The molecule has 7 nitrogen and oxygen atoms in total. The second-order valence-electron chi connectivity index (χ2n) is 9.98. The number of fused-ring (bicyclic) bond motifs is 1. The van der Waals surface area contributed by atoms with E-state index in [9.17, 15) is 14.9 Å². The summed E-state index contributed by atoms with van der Waals surface area (Å²) in [6.07, 6.45) is 3.96. The Morgan fingerprint density at radius 3 is 2.65 bits per heavy atom. The van der Waals surface area contributed by atoms with Gasteiger partial charge in [0, 0.05) is 29.5 Å². The monoisotopic (exact) mass is 485 g/mol. The molecule has 2 amide bonds. The topological polar surface area (TPSA) is 90.2 Å². The summed E-state index contributed by atoms with van der Waals surface area (Å²) < 4.78 is 2.00. The Morgan fingerprint density at radius 1 is 1.24 bits per heavy atom. The van der Waals surface area contributed by atoms with E-state index >= 15 is 0 Å². The maximum Gasteiger partial charge on any atom is 0.268 e. The predicted octanol–water partition coefficient (Wildman–Crippen LogP) is 4.20. The highest BCUT2D eigenvalue weighted by atomic mass is 35.5. The van der Waals surface area contributed by atoms with Crippen LogP contribution >= 0.6 is 11.6 Å². The summed E-state index contributed by atoms with van der Waals surface area (Å²) in [6.45, 7) is 5.48. The fourth-order valence-corrected chi connectivity index (χ4v) is 4.88. The predicted molar refractivity (Wildman–Crippen MR) is 136 cm³/mol. The summed E-state index contributed by atoms with van der Waals surface area (Å²) >= 11 is 6.24. The molecule has 34 heavy (non-hydrogen) atoms. The van der Waals surface area contributed by atoms with Crippen LogP contribution in [0.15, 0.2) is 24.3 Å². The summed E-state index contributed by atoms with van der Waals surface area (Å²) in [5.41, 5.74) is 1.49. The van der Waals surface area contributed by atoms with Crippen molar-refractivity contribution in [2.24, 2.45) is 11.8 Å². The van der Waals surface area contributed by atoms with Gasteiger partial charge in [-0.2, -0.15) is 5.26 Å². The third-order valence-electron chi connectivity index (χ3n) is 6.47. The first kappa shape index (κ1) is 26.1. The van der Waals surface area contributed by atoms with Gasteiger partial charge < -0.3 is 20.1 Å². The van der Waals surface area contributed by atoms with Crippen molar-refractivity contribution >= 4 is 34.3 Å². The third-order valence-corrected chi connectivity index (χ3v) is 6.70. The van der Waals surface area contributed by atoms with Crippen molar-refractivity contribution in [3.8, 4) is 6.07 Å². The Hall–Kier alpha value is -2.56. The standard InChI is InChI=1S/C26H36ClN5O2/c1-17(2)13-20(16-28)29-25(33)21-7-5-6-8-22(21)30-26(34)24-14-18-9-10-19(27)15-23(18)32(24)12-11-31(3)4/h9-10,14-15,17,20-22H,5-8,11-13H2,1-4H3,(H,29,33)(H,30,34). The molecule has 0 radical (unpaired) electrons. The molecule has 1 heterocycles. The summed E-state index contributed by atoms with van der Waals surface area (Å²) in [5, 5.41) is 17.1. The largest absolute Gasteiger partial charge is 0.347 e. The van der Waals surface area contributed by atoms with Crippen LogP contribution in [0.3, 0.4) is 0 Å². The van der Waals surface area contributed by atoms with Gasteiger partial charge in [0.1, 0.15) is 11.7 Å². The van der Waals surface area contributed by atoms with E-state index in [4.69, 9.17) is 11.6 Å². The molecule has 1 aromatic heterocycles. The van der Waals surface area contributed by atoms with Crippen molar-refractivity contribution in [1.29, 1.82) is 5.26 Å². The molecule has 0 spiro atoms. The van der Waals surface area contributed by atoms with E-state index in [2.05, 4.69) is 21.6 Å². The first-order valence-corrected chi connectivity index (χ1v) is 12.5. The Kier molecular flexibility index (Phi) is 8.98. The quantitative estimate of drug-likeness (QED) is 0.557. The number of benzene rings is 1. The Morgan fingerprint density at radius 2 is 1.97 bits per heavy atom. The van der Waals surface area contributed by atoms with Crippen LogP contribution in [0.5, 0.6) is 0 Å². The molecule has 3 unspecified atom stereocenters. The molecular weight excluding hydrogens is 450 g/mol. The van der Waals surface area contributed by atoms with E-state index in [-0.39, 0.29) is 23.8 Å². The number of aromatic nitrogens is 1. The molecule has 0 bridgehead atoms. The molecule has 3 rings (SSSR count). The average Bonchev–Trinajstić information content (AvgIpc) is 3.14. The summed E-state index contributed by atoms with van der Waals surface area (Å²) in [4.78, 5) is 28.6. The number of rotatable bonds is 9. The molecule has 1 aliphatic rings. The van der Waals surface area contributed by atoms with Gasteiger partial charge in [-0.1, -0.05) is 44.4 Å². The maximum atomic E-state index is 13.5. The van der Waals surface area contributed by atoms with Crippen LogP contribution < -0.4 is 10.6 Å². The van der Waals surface area contributed by atoms with Gasteiger partial charge >= 0.3 is 0 Å². The third kappa shape index (κ3) is 6.52. The zero-order valence-electron chi connectivity index (χ0n) is 20.6. The molecule has 1 aromatic carbocycles. The number of amides is 2. The van der Waals surface area contributed by atoms with E-state index < -0.39 is 6.04 Å². The molecule has 2 N–H and O–H groups in total. The maximum absolute atomic E-state index is 13.5. The van der Waals surface area contributed by atoms with Gasteiger partial charge in [-0.05, 0) is 57.5 Å². The molecule has 0 aliphatic heterocycles. The fraction of sp³-hybridized carbons (Fsp3) is 0.577. The molecule has 8 heteroatoms. The van der Waals surface area contributed by atoms with Crippen LogP contribution in [0, 0.1) is 23.2 Å². The number of nitrogens with zero attached hydrogens (tertiary/aromatic N) is 3. The number of carbonyl (C=O) groups is 2. The van der Waals surface area contributed by atoms with Crippen LogP contribution in [0.2, 0.25) is 5.02 Å². The van der Waals surface area contributed by atoms with E-state index in [0.717, 1.165) is 36.7 Å². The van der Waals surface area contributed by atoms with Crippen LogP contribution in [0.25, 0.3) is 10.9 Å². The van der Waals surface area contributed by atoms with Crippen LogP contribution in [0.1, 0.15) is 56.4 Å². The molecule has 3 atom stereocenters. The molecule has 184 valence electrons. The number of hydrogen-bond donors (Lipinski definition) is 2. The molecule has 2 aromatic rings. The highest BCUT2D eigenvalue weighted by Gasteiger charge is 2.34. The first-order chi connectivity index (χ1) is 16.2. The van der Waals surface area contributed by atoms with Gasteiger partial charge in [0.25, 0.3) is 5.91 Å². The van der Waals surface area contributed by atoms with Crippen molar-refractivity contribution in [3.63, 3.8) is 0 Å². The van der Waals surface area contributed by atoms with Crippen molar-refractivity contribution in [2.45, 2.75) is 64.6 Å². The highest BCUT2D eigenvalue weighted by Crippen LogP contribution is 2.27. The zero-order chi connectivity index (χ0) is 24.8. The second kappa shape index (κ2) is 11.7. The summed E-state index contributed by atoms with van der Waals surface area (Å²) in [7, 11) is 3.99. The number of carbonyl (C=O) groups excluding carboxylic acids is 2. The smallest absolute Gasteiger partial charge is 0.268 e. The molecule has 1 aliphatic carbocycles. The number of hydrogen-bond acceptors (Lipinski definition) is 4. The van der Waals surface area contributed by atoms with Gasteiger partial charge in [-0.15, -0.1) is 0 Å². The minimum atomic E-state index is -0.510. The van der Waals surface area contributed by atoms with E-state index in [1.54, 1.807) is 0 Å². The number of likely N-dealkylation sites (N-methyl/N-ethyl adjacent to an activating group) is 1.